The lowest BCUT2D eigenvalue weighted by Gasteiger charge is -2.12. The van der Waals surface area contributed by atoms with Crippen LogP contribution in [-0.2, 0) is 0 Å². The van der Waals surface area contributed by atoms with Crippen molar-refractivity contribution in [3.05, 3.63) is 78.6 Å². The number of benzene rings is 3. The smallest absolute Gasteiger partial charge is 0.293 e. The van der Waals surface area contributed by atoms with Gasteiger partial charge in [-0.2, -0.15) is 0 Å². The number of nitrogens with one attached hydrogen (secondary N) is 2. The third-order valence-electron chi connectivity index (χ3n) is 4.48. The molecule has 4 aromatic rings. The number of fused-ring (bicyclic) bond motifs is 1. The van der Waals surface area contributed by atoms with Gasteiger partial charge in [-0.15, -0.1) is 0 Å². The van der Waals surface area contributed by atoms with Crippen molar-refractivity contribution >= 4 is 34.0 Å². The molecule has 7 nitrogen and oxygen atoms in total. The molecule has 0 aliphatic rings. The number of carbonyl (C=O) groups is 1. The van der Waals surface area contributed by atoms with Gasteiger partial charge in [-0.05, 0) is 36.4 Å². The molecule has 0 aliphatic carbocycles. The highest BCUT2D eigenvalue weighted by molar-refractivity contribution is 6.04. The summed E-state index contributed by atoms with van der Waals surface area (Å²) in [5.41, 5.74) is 2.09. The lowest BCUT2D eigenvalue weighted by Crippen LogP contribution is -2.16. The molecule has 0 radical (unpaired) electrons. The summed E-state index contributed by atoms with van der Waals surface area (Å²) >= 11 is 0. The van der Waals surface area contributed by atoms with Crippen molar-refractivity contribution in [2.45, 2.75) is 0 Å². The van der Waals surface area contributed by atoms with Crippen LogP contribution in [0.4, 0.5) is 17.2 Å². The molecular weight excluding hydrogens is 380 g/mol. The molecule has 7 heteroatoms. The number of hydrogen-bond donors (Lipinski definition) is 2. The molecule has 1 aromatic heterocycles. The summed E-state index contributed by atoms with van der Waals surface area (Å²) in [6.45, 7) is 0. The van der Waals surface area contributed by atoms with E-state index in [4.69, 9.17) is 9.47 Å². The first-order chi connectivity index (χ1) is 14.7. The van der Waals surface area contributed by atoms with Crippen LogP contribution in [0, 0.1) is 0 Å². The summed E-state index contributed by atoms with van der Waals surface area (Å²) < 4.78 is 10.5. The molecule has 0 unspecified atom stereocenters. The van der Waals surface area contributed by atoms with Crippen molar-refractivity contribution in [2.24, 2.45) is 0 Å². The second-order valence-corrected chi connectivity index (χ2v) is 6.43. The number of methoxy groups -OCH3 is 2. The van der Waals surface area contributed by atoms with Crippen LogP contribution >= 0.6 is 0 Å². The maximum absolute atomic E-state index is 12.9. The first kappa shape index (κ1) is 19.2. The number of rotatable bonds is 6. The molecule has 30 heavy (non-hydrogen) atoms. The van der Waals surface area contributed by atoms with E-state index in [-0.39, 0.29) is 5.82 Å². The minimum atomic E-state index is -0.427. The van der Waals surface area contributed by atoms with E-state index in [2.05, 4.69) is 20.6 Å². The summed E-state index contributed by atoms with van der Waals surface area (Å²) in [4.78, 5) is 21.8. The van der Waals surface area contributed by atoms with E-state index < -0.39 is 5.91 Å². The van der Waals surface area contributed by atoms with Gasteiger partial charge < -0.3 is 20.1 Å². The van der Waals surface area contributed by atoms with Crippen molar-refractivity contribution < 1.29 is 14.3 Å². The molecule has 3 aromatic carbocycles. The maximum Gasteiger partial charge on any atom is 0.293 e. The average molecular weight is 400 g/mol. The second kappa shape index (κ2) is 8.48. The van der Waals surface area contributed by atoms with E-state index in [1.165, 1.54) is 7.11 Å². The number of nitrogens with zero attached hydrogens (tertiary/aromatic N) is 2. The summed E-state index contributed by atoms with van der Waals surface area (Å²) in [5.74, 6) is 1.28. The molecule has 1 amide bonds. The largest absolute Gasteiger partial charge is 0.493 e. The predicted octanol–water partition coefficient (Wildman–Crippen LogP) is 4.64. The Morgan fingerprint density at radius 1 is 0.800 bits per heavy atom. The molecule has 0 spiro atoms. The monoisotopic (exact) mass is 400 g/mol. The number of amides is 1. The molecule has 0 saturated carbocycles. The molecule has 0 saturated heterocycles. The van der Waals surface area contributed by atoms with Gasteiger partial charge >= 0.3 is 0 Å². The van der Waals surface area contributed by atoms with Crippen LogP contribution in [0.15, 0.2) is 72.8 Å². The molecular formula is C23H20N4O3. The highest BCUT2D eigenvalue weighted by Crippen LogP contribution is 2.30. The molecule has 0 atom stereocenters. The number of anilines is 3. The number of ether oxygens (including phenoxy) is 2. The Kier molecular flexibility index (Phi) is 5.43. The van der Waals surface area contributed by atoms with Gasteiger partial charge in [-0.25, -0.2) is 9.97 Å². The fourth-order valence-corrected chi connectivity index (χ4v) is 3.03. The van der Waals surface area contributed by atoms with Gasteiger partial charge in [0.25, 0.3) is 5.91 Å². The van der Waals surface area contributed by atoms with Crippen LogP contribution in [-0.4, -0.2) is 30.1 Å². The maximum atomic E-state index is 12.9. The minimum absolute atomic E-state index is 0.0573. The normalized spacial score (nSPS) is 10.5. The highest BCUT2D eigenvalue weighted by Gasteiger charge is 2.15. The molecule has 0 bridgehead atoms. The summed E-state index contributed by atoms with van der Waals surface area (Å²) in [7, 11) is 3.09. The average Bonchev–Trinajstić information content (AvgIpc) is 2.79. The van der Waals surface area contributed by atoms with E-state index in [9.17, 15) is 4.79 Å². The first-order valence-corrected chi connectivity index (χ1v) is 9.30. The Bertz CT molecular complexity index is 1200. The van der Waals surface area contributed by atoms with Gasteiger partial charge in [0.15, 0.2) is 11.5 Å². The topological polar surface area (TPSA) is 85.4 Å². The molecule has 150 valence electrons. The second-order valence-electron chi connectivity index (χ2n) is 6.43. The minimum Gasteiger partial charge on any atom is -0.493 e. The SMILES string of the molecule is COc1ccc(NC(=O)c2nc(Nc3ccccc3)c3ccccc3n2)cc1OC. The van der Waals surface area contributed by atoms with E-state index in [1.54, 1.807) is 25.3 Å². The van der Waals surface area contributed by atoms with Crippen molar-refractivity contribution in [1.29, 1.82) is 0 Å². The van der Waals surface area contributed by atoms with Gasteiger partial charge in [0.1, 0.15) is 5.82 Å². The molecule has 0 aliphatic heterocycles. The number of carbonyl (C=O) groups excluding carboxylic acids is 1. The van der Waals surface area contributed by atoms with Crippen molar-refractivity contribution in [3.8, 4) is 11.5 Å². The number of hydrogen-bond acceptors (Lipinski definition) is 6. The third kappa shape index (κ3) is 4.00. The van der Waals surface area contributed by atoms with Gasteiger partial charge in [0, 0.05) is 22.8 Å². The third-order valence-corrected chi connectivity index (χ3v) is 4.48. The lowest BCUT2D eigenvalue weighted by atomic mass is 10.2. The predicted molar refractivity (Wildman–Crippen MR) is 117 cm³/mol. The van der Waals surface area contributed by atoms with E-state index >= 15 is 0 Å². The Balaban J connectivity index is 1.67. The van der Waals surface area contributed by atoms with Gasteiger partial charge in [0.2, 0.25) is 5.82 Å². The Morgan fingerprint density at radius 3 is 2.30 bits per heavy atom. The Morgan fingerprint density at radius 2 is 1.53 bits per heavy atom. The standard InChI is InChI=1S/C23H20N4O3/c1-29-19-13-12-16(14-20(19)30-2)25-23(28)22-26-18-11-7-6-10-17(18)21(27-22)24-15-8-4-3-5-9-15/h3-14H,1-2H3,(H,25,28)(H,24,26,27). The van der Waals surface area contributed by atoms with Crippen LogP contribution < -0.4 is 20.1 Å². The zero-order valence-corrected chi connectivity index (χ0v) is 16.5. The molecule has 0 fully saturated rings. The highest BCUT2D eigenvalue weighted by atomic mass is 16.5. The van der Waals surface area contributed by atoms with E-state index in [1.807, 2.05) is 54.6 Å². The Hall–Kier alpha value is -4.13. The van der Waals surface area contributed by atoms with Crippen molar-refractivity contribution in [3.63, 3.8) is 0 Å². The van der Waals surface area contributed by atoms with Crippen LogP contribution in [0.3, 0.4) is 0 Å². The van der Waals surface area contributed by atoms with Crippen molar-refractivity contribution in [2.75, 3.05) is 24.9 Å². The number of aromatic nitrogens is 2. The quantitative estimate of drug-likeness (QED) is 0.490. The summed E-state index contributed by atoms with van der Waals surface area (Å²) in [6, 6.07) is 22.3. The summed E-state index contributed by atoms with van der Waals surface area (Å²) in [5, 5.41) is 6.91. The van der Waals surface area contributed by atoms with Gasteiger partial charge in [-0.3, -0.25) is 4.79 Å². The van der Waals surface area contributed by atoms with E-state index in [0.29, 0.717) is 28.5 Å². The van der Waals surface area contributed by atoms with Crippen LogP contribution in [0.2, 0.25) is 0 Å². The van der Waals surface area contributed by atoms with Gasteiger partial charge in [-0.1, -0.05) is 30.3 Å². The van der Waals surface area contributed by atoms with Gasteiger partial charge in [0.05, 0.1) is 19.7 Å². The fourth-order valence-electron chi connectivity index (χ4n) is 3.03. The number of para-hydroxylation sites is 2. The fraction of sp³-hybridized carbons (Fsp3) is 0.0870. The van der Waals surface area contributed by atoms with E-state index in [0.717, 1.165) is 11.1 Å². The van der Waals surface area contributed by atoms with Crippen LogP contribution in [0.1, 0.15) is 10.6 Å². The summed E-state index contributed by atoms with van der Waals surface area (Å²) in [6.07, 6.45) is 0. The van der Waals surface area contributed by atoms with Crippen LogP contribution in [0.5, 0.6) is 11.5 Å². The zero-order chi connectivity index (χ0) is 20.9. The molecule has 1 heterocycles. The first-order valence-electron chi connectivity index (χ1n) is 9.30. The molecule has 2 N–H and O–H groups in total. The lowest BCUT2D eigenvalue weighted by molar-refractivity contribution is 0.101. The van der Waals surface area contributed by atoms with Crippen molar-refractivity contribution in [1.82, 2.24) is 9.97 Å². The zero-order valence-electron chi connectivity index (χ0n) is 16.5. The molecule has 4 rings (SSSR count). The Labute approximate surface area is 173 Å². The van der Waals surface area contributed by atoms with Crippen LogP contribution in [0.25, 0.3) is 10.9 Å².